The van der Waals surface area contributed by atoms with Crippen LogP contribution in [0.4, 0.5) is 0 Å². The van der Waals surface area contributed by atoms with Gasteiger partial charge in [0.15, 0.2) is 0 Å². The molecule has 29 heavy (non-hydrogen) atoms. The predicted octanol–water partition coefficient (Wildman–Crippen LogP) is 2.87. The molecule has 0 aliphatic carbocycles. The zero-order chi connectivity index (χ0) is 20.5. The molecule has 3 aromatic rings. The number of hydrogen-bond donors (Lipinski definition) is 1. The average molecular weight is 391 g/mol. The van der Waals surface area contributed by atoms with E-state index in [1.165, 1.54) is 0 Å². The second kappa shape index (κ2) is 7.72. The Labute approximate surface area is 170 Å². The summed E-state index contributed by atoms with van der Waals surface area (Å²) >= 11 is 0. The number of carbonyl (C=O) groups excluding carboxylic acids is 2. The first-order valence-electron chi connectivity index (χ1n) is 9.76. The van der Waals surface area contributed by atoms with Gasteiger partial charge in [-0.2, -0.15) is 0 Å². The molecule has 0 saturated carbocycles. The van der Waals surface area contributed by atoms with E-state index < -0.39 is 6.04 Å². The zero-order valence-electron chi connectivity index (χ0n) is 16.9. The molecule has 2 heterocycles. The van der Waals surface area contributed by atoms with Gasteiger partial charge in [0.1, 0.15) is 6.04 Å². The molecule has 0 spiro atoms. The molecule has 150 valence electrons. The average Bonchev–Trinajstić information content (AvgIpc) is 3.22. The van der Waals surface area contributed by atoms with Crippen LogP contribution >= 0.6 is 0 Å². The summed E-state index contributed by atoms with van der Waals surface area (Å²) in [5.41, 5.74) is 3.71. The first kappa shape index (κ1) is 19.2. The maximum Gasteiger partial charge on any atom is 0.255 e. The summed E-state index contributed by atoms with van der Waals surface area (Å²) in [4.78, 5) is 27.8. The number of hydrogen-bond acceptors (Lipinski definition) is 3. The Morgan fingerprint density at radius 1 is 1.14 bits per heavy atom. The SMILES string of the molecule is COCCNC(=O)[C@@H](C)N1C(=O)c2ccccc2[C@H]1c1cn(C)c2ccccc12. The maximum atomic E-state index is 13.3. The summed E-state index contributed by atoms with van der Waals surface area (Å²) < 4.78 is 7.08. The third kappa shape index (κ3) is 3.19. The lowest BCUT2D eigenvalue weighted by Crippen LogP contribution is -2.47. The van der Waals surface area contributed by atoms with Crippen molar-refractivity contribution < 1.29 is 14.3 Å². The summed E-state index contributed by atoms with van der Waals surface area (Å²) in [7, 11) is 3.59. The molecule has 2 amide bonds. The molecule has 0 radical (unpaired) electrons. The summed E-state index contributed by atoms with van der Waals surface area (Å²) in [5, 5.41) is 3.94. The van der Waals surface area contributed by atoms with Crippen LogP contribution in [-0.2, 0) is 16.6 Å². The van der Waals surface area contributed by atoms with Crippen LogP contribution in [-0.4, -0.2) is 47.6 Å². The molecule has 1 aromatic heterocycles. The first-order chi connectivity index (χ1) is 14.0. The number of aromatic nitrogens is 1. The second-order valence-electron chi connectivity index (χ2n) is 7.37. The molecule has 0 unspecified atom stereocenters. The molecule has 0 saturated heterocycles. The van der Waals surface area contributed by atoms with Crippen molar-refractivity contribution in [3.8, 4) is 0 Å². The van der Waals surface area contributed by atoms with Crippen molar-refractivity contribution in [2.24, 2.45) is 7.05 Å². The number of carbonyl (C=O) groups is 2. The van der Waals surface area contributed by atoms with E-state index in [1.54, 1.807) is 18.9 Å². The van der Waals surface area contributed by atoms with E-state index in [2.05, 4.69) is 28.2 Å². The van der Waals surface area contributed by atoms with E-state index in [4.69, 9.17) is 4.74 Å². The Morgan fingerprint density at radius 2 is 1.86 bits per heavy atom. The fraction of sp³-hybridized carbons (Fsp3) is 0.304. The second-order valence-corrected chi connectivity index (χ2v) is 7.37. The van der Waals surface area contributed by atoms with E-state index >= 15 is 0 Å². The van der Waals surface area contributed by atoms with E-state index in [-0.39, 0.29) is 17.9 Å². The van der Waals surface area contributed by atoms with Gasteiger partial charge in [-0.3, -0.25) is 9.59 Å². The van der Waals surface area contributed by atoms with Gasteiger partial charge >= 0.3 is 0 Å². The van der Waals surface area contributed by atoms with Gasteiger partial charge in [-0.05, 0) is 24.6 Å². The summed E-state index contributed by atoms with van der Waals surface area (Å²) in [5.74, 6) is -0.304. The third-order valence-electron chi connectivity index (χ3n) is 5.62. The van der Waals surface area contributed by atoms with Gasteiger partial charge in [-0.15, -0.1) is 0 Å². The summed E-state index contributed by atoms with van der Waals surface area (Å²) in [6.07, 6.45) is 2.06. The molecule has 2 atom stereocenters. The van der Waals surface area contributed by atoms with Crippen LogP contribution < -0.4 is 5.32 Å². The highest BCUT2D eigenvalue weighted by molar-refractivity contribution is 6.03. The van der Waals surface area contributed by atoms with Gasteiger partial charge in [0.05, 0.1) is 12.6 Å². The largest absolute Gasteiger partial charge is 0.383 e. The number of fused-ring (bicyclic) bond motifs is 2. The Kier molecular flexibility index (Phi) is 5.11. The molecule has 6 nitrogen and oxygen atoms in total. The summed E-state index contributed by atoms with van der Waals surface area (Å²) in [6.45, 7) is 2.62. The maximum absolute atomic E-state index is 13.3. The molecule has 0 bridgehead atoms. The van der Waals surface area contributed by atoms with Crippen LogP contribution in [0, 0.1) is 0 Å². The molecule has 2 aromatic carbocycles. The van der Waals surface area contributed by atoms with Crippen molar-refractivity contribution in [1.82, 2.24) is 14.8 Å². The smallest absolute Gasteiger partial charge is 0.255 e. The molecule has 1 N–H and O–H groups in total. The van der Waals surface area contributed by atoms with Gasteiger partial charge < -0.3 is 19.5 Å². The van der Waals surface area contributed by atoms with Crippen LogP contribution in [0.2, 0.25) is 0 Å². The number of rotatable bonds is 6. The molecule has 6 heteroatoms. The highest BCUT2D eigenvalue weighted by Crippen LogP contribution is 2.42. The van der Waals surface area contributed by atoms with Gasteiger partial charge in [0, 0.05) is 48.9 Å². The van der Waals surface area contributed by atoms with Crippen molar-refractivity contribution >= 4 is 22.7 Å². The Hall–Kier alpha value is -3.12. The molecular weight excluding hydrogens is 366 g/mol. The fourth-order valence-corrected chi connectivity index (χ4v) is 4.19. The van der Waals surface area contributed by atoms with Crippen LogP contribution in [0.15, 0.2) is 54.7 Å². The van der Waals surface area contributed by atoms with Crippen LogP contribution in [0.25, 0.3) is 10.9 Å². The number of methoxy groups -OCH3 is 1. The molecule has 1 aliphatic heterocycles. The minimum atomic E-state index is -0.615. The van der Waals surface area contributed by atoms with Crippen LogP contribution in [0.1, 0.15) is 34.5 Å². The van der Waals surface area contributed by atoms with E-state index in [0.717, 1.165) is 22.0 Å². The van der Waals surface area contributed by atoms with E-state index in [9.17, 15) is 9.59 Å². The number of nitrogens with zero attached hydrogens (tertiary/aromatic N) is 2. The number of aryl methyl sites for hydroxylation is 1. The van der Waals surface area contributed by atoms with Gasteiger partial charge in [-0.1, -0.05) is 36.4 Å². The van der Waals surface area contributed by atoms with Crippen molar-refractivity contribution in [1.29, 1.82) is 0 Å². The van der Waals surface area contributed by atoms with E-state index in [0.29, 0.717) is 18.7 Å². The van der Waals surface area contributed by atoms with Crippen LogP contribution in [0.5, 0.6) is 0 Å². The molecule has 1 aliphatic rings. The lowest BCUT2D eigenvalue weighted by molar-refractivity contribution is -0.125. The number of nitrogens with one attached hydrogen (secondary N) is 1. The molecular formula is C23H25N3O3. The monoisotopic (exact) mass is 391 g/mol. The Balaban J connectivity index is 1.80. The number of amides is 2. The van der Waals surface area contributed by atoms with Crippen molar-refractivity contribution in [3.63, 3.8) is 0 Å². The predicted molar refractivity (Wildman–Crippen MR) is 112 cm³/mol. The number of para-hydroxylation sites is 1. The Morgan fingerprint density at radius 3 is 2.66 bits per heavy atom. The quantitative estimate of drug-likeness (QED) is 0.657. The van der Waals surface area contributed by atoms with Crippen molar-refractivity contribution in [2.75, 3.05) is 20.3 Å². The highest BCUT2D eigenvalue weighted by atomic mass is 16.5. The Bertz CT molecular complexity index is 1070. The fourth-order valence-electron chi connectivity index (χ4n) is 4.19. The lowest BCUT2D eigenvalue weighted by Gasteiger charge is -2.30. The van der Waals surface area contributed by atoms with Gasteiger partial charge in [0.2, 0.25) is 5.91 Å². The summed E-state index contributed by atoms with van der Waals surface area (Å²) in [6, 6.07) is 14.8. The number of benzene rings is 2. The van der Waals surface area contributed by atoms with Gasteiger partial charge in [-0.25, -0.2) is 0 Å². The van der Waals surface area contributed by atoms with Crippen molar-refractivity contribution in [3.05, 3.63) is 71.4 Å². The lowest BCUT2D eigenvalue weighted by atomic mass is 9.97. The number of ether oxygens (including phenoxy) is 1. The standard InChI is InChI=1S/C23H25N3O3/c1-15(22(27)24-12-13-29-3)26-21(17-9-4-5-10-18(17)23(26)28)19-14-25(2)20-11-7-6-8-16(19)20/h4-11,14-15,21H,12-13H2,1-3H3,(H,24,27)/t15-,21+/m1/s1. The van der Waals surface area contributed by atoms with E-state index in [1.807, 2.05) is 43.4 Å². The normalized spacial score (nSPS) is 16.9. The van der Waals surface area contributed by atoms with Crippen LogP contribution in [0.3, 0.4) is 0 Å². The minimum absolute atomic E-state index is 0.118. The van der Waals surface area contributed by atoms with Crippen molar-refractivity contribution in [2.45, 2.75) is 19.0 Å². The third-order valence-corrected chi connectivity index (χ3v) is 5.62. The first-order valence-corrected chi connectivity index (χ1v) is 9.76. The van der Waals surface area contributed by atoms with Gasteiger partial charge in [0.25, 0.3) is 5.91 Å². The highest BCUT2D eigenvalue weighted by Gasteiger charge is 2.43. The zero-order valence-corrected chi connectivity index (χ0v) is 16.9. The topological polar surface area (TPSA) is 63.6 Å². The molecule has 4 rings (SSSR count). The molecule has 0 fully saturated rings. The minimum Gasteiger partial charge on any atom is -0.383 e.